The van der Waals surface area contributed by atoms with Gasteiger partial charge < -0.3 is 4.90 Å². The first kappa shape index (κ1) is 9.77. The number of hydrogen-bond donors (Lipinski definition) is 2. The normalized spacial score (nSPS) is 22.3. The van der Waals surface area contributed by atoms with Crippen molar-refractivity contribution in [2.24, 2.45) is 16.8 Å². The second-order valence-electron chi connectivity index (χ2n) is 4.31. The highest BCUT2D eigenvalue weighted by atomic mass is 15.4. The zero-order valence-corrected chi connectivity index (χ0v) is 8.87. The van der Waals surface area contributed by atoms with Crippen molar-refractivity contribution < 1.29 is 0 Å². The molecule has 2 rings (SSSR count). The lowest BCUT2D eigenvalue weighted by molar-refractivity contribution is 0.403. The van der Waals surface area contributed by atoms with E-state index in [0.717, 1.165) is 25.0 Å². The molecule has 0 aromatic carbocycles. The van der Waals surface area contributed by atoms with Crippen LogP contribution in [0.4, 0.5) is 0 Å². The lowest BCUT2D eigenvalue weighted by Crippen LogP contribution is -2.45. The summed E-state index contributed by atoms with van der Waals surface area (Å²) in [6.45, 7) is 4.26. The Bertz CT molecular complexity index is 218. The Kier molecular flexibility index (Phi) is 2.91. The van der Waals surface area contributed by atoms with E-state index < -0.39 is 0 Å². The predicted octanol–water partition coefficient (Wildman–Crippen LogP) is 0.700. The van der Waals surface area contributed by atoms with Crippen LogP contribution in [-0.2, 0) is 0 Å². The van der Waals surface area contributed by atoms with Crippen molar-refractivity contribution in [2.75, 3.05) is 13.1 Å². The molecule has 2 aliphatic rings. The zero-order chi connectivity index (χ0) is 9.97. The number of aliphatic imine (C=N–C) groups is 1. The summed E-state index contributed by atoms with van der Waals surface area (Å²) >= 11 is 0. The molecule has 2 saturated carbocycles. The van der Waals surface area contributed by atoms with Gasteiger partial charge in [-0.1, -0.05) is 0 Å². The van der Waals surface area contributed by atoms with Crippen LogP contribution in [0.25, 0.3) is 0 Å². The Balaban J connectivity index is 1.90. The largest absolute Gasteiger partial charge is 0.342 e. The topological polar surface area (TPSA) is 53.6 Å². The fraction of sp³-hybridized carbons (Fsp3) is 0.900. The third-order valence-corrected chi connectivity index (χ3v) is 2.84. The maximum Gasteiger partial charge on any atom is 0.208 e. The molecule has 4 heteroatoms. The SMILES string of the molecule is CCN(CC1CC1)C(=NC1CC1)NN. The third-order valence-electron chi connectivity index (χ3n) is 2.84. The average Bonchev–Trinajstić information content (AvgIpc) is 3.05. The molecule has 0 spiro atoms. The van der Waals surface area contributed by atoms with Gasteiger partial charge in [0.05, 0.1) is 6.04 Å². The molecule has 4 nitrogen and oxygen atoms in total. The van der Waals surface area contributed by atoms with E-state index in [0.29, 0.717) is 6.04 Å². The van der Waals surface area contributed by atoms with Crippen molar-refractivity contribution in [3.05, 3.63) is 0 Å². The van der Waals surface area contributed by atoms with E-state index in [1.807, 2.05) is 0 Å². The highest BCUT2D eigenvalue weighted by Gasteiger charge is 2.27. The molecule has 0 aromatic rings. The number of nitrogens with two attached hydrogens (primary N) is 1. The van der Waals surface area contributed by atoms with Crippen molar-refractivity contribution in [3.63, 3.8) is 0 Å². The molecular weight excluding hydrogens is 176 g/mol. The van der Waals surface area contributed by atoms with Gasteiger partial charge in [0, 0.05) is 13.1 Å². The van der Waals surface area contributed by atoms with E-state index in [9.17, 15) is 0 Å². The third kappa shape index (κ3) is 2.61. The maximum absolute atomic E-state index is 5.50. The highest BCUT2D eigenvalue weighted by Crippen LogP contribution is 2.30. The second kappa shape index (κ2) is 4.17. The predicted molar refractivity (Wildman–Crippen MR) is 57.8 cm³/mol. The van der Waals surface area contributed by atoms with Crippen LogP contribution in [0.1, 0.15) is 32.6 Å². The van der Waals surface area contributed by atoms with E-state index in [1.165, 1.54) is 25.7 Å². The van der Waals surface area contributed by atoms with Crippen molar-refractivity contribution in [1.29, 1.82) is 0 Å². The van der Waals surface area contributed by atoms with Gasteiger partial charge in [-0.25, -0.2) is 10.8 Å². The van der Waals surface area contributed by atoms with E-state index in [-0.39, 0.29) is 0 Å². The lowest BCUT2D eigenvalue weighted by Gasteiger charge is -2.23. The summed E-state index contributed by atoms with van der Waals surface area (Å²) in [5, 5.41) is 0. The molecule has 2 aliphatic carbocycles. The molecule has 2 fully saturated rings. The van der Waals surface area contributed by atoms with E-state index in [1.54, 1.807) is 0 Å². The van der Waals surface area contributed by atoms with Crippen LogP contribution in [0.3, 0.4) is 0 Å². The number of hydrogen-bond acceptors (Lipinski definition) is 2. The Labute approximate surface area is 85.5 Å². The van der Waals surface area contributed by atoms with Gasteiger partial charge in [-0.05, 0) is 38.5 Å². The molecule has 0 bridgehead atoms. The first-order valence-corrected chi connectivity index (χ1v) is 5.62. The molecule has 0 aliphatic heterocycles. The number of nitrogens with one attached hydrogen (secondary N) is 1. The lowest BCUT2D eigenvalue weighted by atomic mass is 10.4. The smallest absolute Gasteiger partial charge is 0.208 e. The molecule has 80 valence electrons. The van der Waals surface area contributed by atoms with Crippen LogP contribution in [0.15, 0.2) is 4.99 Å². The summed E-state index contributed by atoms with van der Waals surface area (Å²) < 4.78 is 0. The Morgan fingerprint density at radius 3 is 2.57 bits per heavy atom. The minimum absolute atomic E-state index is 0.536. The second-order valence-corrected chi connectivity index (χ2v) is 4.31. The first-order chi connectivity index (χ1) is 6.83. The van der Waals surface area contributed by atoms with Crippen LogP contribution in [0, 0.1) is 5.92 Å². The number of nitrogens with zero attached hydrogens (tertiary/aromatic N) is 2. The number of guanidine groups is 1. The van der Waals surface area contributed by atoms with Gasteiger partial charge >= 0.3 is 0 Å². The summed E-state index contributed by atoms with van der Waals surface area (Å²) in [6.07, 6.45) is 5.20. The molecule has 0 heterocycles. The summed E-state index contributed by atoms with van der Waals surface area (Å²) in [7, 11) is 0. The summed E-state index contributed by atoms with van der Waals surface area (Å²) in [5.74, 6) is 7.27. The van der Waals surface area contributed by atoms with Gasteiger partial charge in [0.25, 0.3) is 0 Å². The van der Waals surface area contributed by atoms with Gasteiger partial charge in [0.2, 0.25) is 5.96 Å². The molecule has 14 heavy (non-hydrogen) atoms. The maximum atomic E-state index is 5.50. The Morgan fingerprint density at radius 1 is 1.43 bits per heavy atom. The summed E-state index contributed by atoms with van der Waals surface area (Å²) in [5.41, 5.74) is 2.73. The van der Waals surface area contributed by atoms with Gasteiger partial charge in [0.15, 0.2) is 0 Å². The van der Waals surface area contributed by atoms with Gasteiger partial charge in [-0.15, -0.1) is 0 Å². The zero-order valence-electron chi connectivity index (χ0n) is 8.87. The highest BCUT2D eigenvalue weighted by molar-refractivity contribution is 5.79. The molecule has 0 unspecified atom stereocenters. The van der Waals surface area contributed by atoms with E-state index in [4.69, 9.17) is 5.84 Å². The van der Waals surface area contributed by atoms with Crippen molar-refractivity contribution in [3.8, 4) is 0 Å². The van der Waals surface area contributed by atoms with Crippen molar-refractivity contribution in [2.45, 2.75) is 38.6 Å². The molecule has 0 saturated heterocycles. The Hall–Kier alpha value is -0.770. The van der Waals surface area contributed by atoms with Crippen LogP contribution in [0.5, 0.6) is 0 Å². The van der Waals surface area contributed by atoms with Gasteiger partial charge in [-0.3, -0.25) is 5.43 Å². The van der Waals surface area contributed by atoms with Gasteiger partial charge in [0.1, 0.15) is 0 Å². The molecule has 3 N–H and O–H groups in total. The van der Waals surface area contributed by atoms with Crippen molar-refractivity contribution in [1.82, 2.24) is 10.3 Å². The first-order valence-electron chi connectivity index (χ1n) is 5.62. The minimum Gasteiger partial charge on any atom is -0.342 e. The summed E-state index contributed by atoms with van der Waals surface area (Å²) in [6, 6.07) is 0.536. The van der Waals surface area contributed by atoms with E-state index in [2.05, 4.69) is 22.2 Å². The van der Waals surface area contributed by atoms with E-state index >= 15 is 0 Å². The van der Waals surface area contributed by atoms with Crippen LogP contribution in [0.2, 0.25) is 0 Å². The number of rotatable bonds is 4. The molecular formula is C10H20N4. The number of hydrazine groups is 1. The monoisotopic (exact) mass is 196 g/mol. The molecule has 0 aromatic heterocycles. The van der Waals surface area contributed by atoms with Gasteiger partial charge in [-0.2, -0.15) is 0 Å². The summed E-state index contributed by atoms with van der Waals surface area (Å²) in [4.78, 5) is 6.82. The standard InChI is InChI=1S/C10H20N4/c1-2-14(7-8-3-4-8)10(13-11)12-9-5-6-9/h8-9H,2-7,11H2,1H3,(H,12,13). The molecule has 0 atom stereocenters. The van der Waals surface area contributed by atoms with Crippen LogP contribution < -0.4 is 11.3 Å². The minimum atomic E-state index is 0.536. The fourth-order valence-electron chi connectivity index (χ4n) is 1.56. The Morgan fingerprint density at radius 2 is 2.14 bits per heavy atom. The fourth-order valence-corrected chi connectivity index (χ4v) is 1.56. The molecule has 0 amide bonds. The van der Waals surface area contributed by atoms with Crippen molar-refractivity contribution >= 4 is 5.96 Å². The van der Waals surface area contributed by atoms with Crippen LogP contribution >= 0.6 is 0 Å². The quantitative estimate of drug-likeness (QED) is 0.301. The average molecular weight is 196 g/mol. The molecule has 0 radical (unpaired) electrons. The van der Waals surface area contributed by atoms with Crippen LogP contribution in [-0.4, -0.2) is 30.0 Å².